The van der Waals surface area contributed by atoms with Crippen LogP contribution in [0.15, 0.2) is 96.4 Å². The summed E-state index contributed by atoms with van der Waals surface area (Å²) in [5.41, 5.74) is 4.30. The van der Waals surface area contributed by atoms with Crippen molar-refractivity contribution in [3.63, 3.8) is 0 Å². The molecule has 4 rings (SSSR count). The highest BCUT2D eigenvalue weighted by atomic mass is 32.1. The van der Waals surface area contributed by atoms with E-state index in [-0.39, 0.29) is 5.91 Å². The maximum atomic E-state index is 13.2. The second-order valence-corrected chi connectivity index (χ2v) is 8.08. The van der Waals surface area contributed by atoms with Gasteiger partial charge < -0.3 is 4.90 Å². The molecule has 4 heteroatoms. The molecule has 0 saturated carbocycles. The van der Waals surface area contributed by atoms with Crippen LogP contribution in [0, 0.1) is 0 Å². The van der Waals surface area contributed by atoms with Crippen LogP contribution in [0.5, 0.6) is 0 Å². The fourth-order valence-electron chi connectivity index (χ4n) is 3.37. The first-order valence-corrected chi connectivity index (χ1v) is 11.0. The first-order chi connectivity index (χ1) is 14.8. The summed E-state index contributed by atoms with van der Waals surface area (Å²) in [5, 5.41) is 2.95. The minimum absolute atomic E-state index is 0.111. The second kappa shape index (κ2) is 9.99. The van der Waals surface area contributed by atoms with Crippen LogP contribution < -0.4 is 0 Å². The molecule has 0 unspecified atom stereocenters. The van der Waals surface area contributed by atoms with E-state index in [0.29, 0.717) is 19.5 Å². The molecular weight excluding hydrogens is 388 g/mol. The van der Waals surface area contributed by atoms with Gasteiger partial charge in [0.05, 0.1) is 12.1 Å². The van der Waals surface area contributed by atoms with Gasteiger partial charge in [-0.1, -0.05) is 91.0 Å². The molecule has 0 aliphatic carbocycles. The number of rotatable bonds is 8. The molecule has 3 aromatic carbocycles. The van der Waals surface area contributed by atoms with Gasteiger partial charge in [-0.3, -0.25) is 4.79 Å². The summed E-state index contributed by atoms with van der Waals surface area (Å²) >= 11 is 1.59. The fraction of sp³-hybridized carbons (Fsp3) is 0.154. The van der Waals surface area contributed by atoms with Gasteiger partial charge in [0.25, 0.3) is 0 Å². The van der Waals surface area contributed by atoms with Gasteiger partial charge in [0.1, 0.15) is 5.01 Å². The van der Waals surface area contributed by atoms with E-state index in [1.54, 1.807) is 11.3 Å². The molecular formula is C26H24N2OS. The molecule has 0 N–H and O–H groups in total. The minimum atomic E-state index is 0.111. The molecule has 0 aliphatic heterocycles. The topological polar surface area (TPSA) is 33.2 Å². The van der Waals surface area contributed by atoms with Crippen molar-refractivity contribution in [3.8, 4) is 10.6 Å². The van der Waals surface area contributed by atoms with E-state index >= 15 is 0 Å². The summed E-state index contributed by atoms with van der Waals surface area (Å²) in [7, 11) is 0. The molecule has 3 nitrogen and oxygen atoms in total. The normalized spacial score (nSPS) is 10.7. The first kappa shape index (κ1) is 20.0. The van der Waals surface area contributed by atoms with E-state index in [1.165, 1.54) is 5.56 Å². The van der Waals surface area contributed by atoms with Crippen molar-refractivity contribution < 1.29 is 4.79 Å². The first-order valence-electron chi connectivity index (χ1n) is 10.1. The zero-order chi connectivity index (χ0) is 20.6. The third-order valence-corrected chi connectivity index (χ3v) is 5.93. The van der Waals surface area contributed by atoms with E-state index in [1.807, 2.05) is 77.0 Å². The monoisotopic (exact) mass is 412 g/mol. The van der Waals surface area contributed by atoms with Crippen molar-refractivity contribution in [2.45, 2.75) is 19.4 Å². The SMILES string of the molecule is O=C(Cc1csc(-c2ccccc2)n1)N(CCc1ccccc1)Cc1ccccc1. The van der Waals surface area contributed by atoms with Gasteiger partial charge in [0.2, 0.25) is 5.91 Å². The molecule has 0 bridgehead atoms. The highest BCUT2D eigenvalue weighted by Gasteiger charge is 2.17. The molecule has 0 saturated heterocycles. The largest absolute Gasteiger partial charge is 0.338 e. The van der Waals surface area contributed by atoms with E-state index in [9.17, 15) is 4.79 Å². The number of carbonyl (C=O) groups is 1. The van der Waals surface area contributed by atoms with Gasteiger partial charge in [-0.2, -0.15) is 0 Å². The molecule has 0 atom stereocenters. The van der Waals surface area contributed by atoms with E-state index < -0.39 is 0 Å². The molecule has 1 heterocycles. The van der Waals surface area contributed by atoms with Crippen LogP contribution in [0.2, 0.25) is 0 Å². The number of thiazole rings is 1. The van der Waals surface area contributed by atoms with Gasteiger partial charge in [-0.25, -0.2) is 4.98 Å². The van der Waals surface area contributed by atoms with E-state index in [0.717, 1.165) is 28.2 Å². The molecule has 0 radical (unpaired) electrons. The summed E-state index contributed by atoms with van der Waals surface area (Å²) in [4.78, 5) is 19.8. The lowest BCUT2D eigenvalue weighted by atomic mass is 10.1. The lowest BCUT2D eigenvalue weighted by molar-refractivity contribution is -0.131. The zero-order valence-corrected chi connectivity index (χ0v) is 17.6. The van der Waals surface area contributed by atoms with Gasteiger partial charge in [-0.05, 0) is 17.5 Å². The summed E-state index contributed by atoms with van der Waals surface area (Å²) in [6, 6.07) is 30.6. The Labute approximate surface area is 181 Å². The van der Waals surface area contributed by atoms with Gasteiger partial charge in [-0.15, -0.1) is 11.3 Å². The van der Waals surface area contributed by atoms with Crippen LogP contribution in [0.4, 0.5) is 0 Å². The molecule has 1 aromatic heterocycles. The van der Waals surface area contributed by atoms with Crippen LogP contribution in [0.3, 0.4) is 0 Å². The Morgan fingerprint density at radius 1 is 0.800 bits per heavy atom. The van der Waals surface area contributed by atoms with Crippen LogP contribution >= 0.6 is 11.3 Å². The maximum Gasteiger partial charge on any atom is 0.228 e. The van der Waals surface area contributed by atoms with Crippen molar-refractivity contribution >= 4 is 17.2 Å². The molecule has 150 valence electrons. The zero-order valence-electron chi connectivity index (χ0n) is 16.8. The van der Waals surface area contributed by atoms with Crippen molar-refractivity contribution in [2.75, 3.05) is 6.54 Å². The Morgan fingerprint density at radius 2 is 1.40 bits per heavy atom. The summed E-state index contributed by atoms with van der Waals surface area (Å²) in [6.45, 7) is 1.30. The lowest BCUT2D eigenvalue weighted by Gasteiger charge is -2.23. The predicted molar refractivity (Wildman–Crippen MR) is 123 cm³/mol. The number of hydrogen-bond acceptors (Lipinski definition) is 3. The average Bonchev–Trinajstić information content (AvgIpc) is 3.27. The number of aromatic nitrogens is 1. The number of nitrogens with zero attached hydrogens (tertiary/aromatic N) is 2. The standard InChI is InChI=1S/C26H24N2OS/c29-25(18-24-20-30-26(27-24)23-14-8-3-9-15-23)28(19-22-12-6-2-7-13-22)17-16-21-10-4-1-5-11-21/h1-15,20H,16-19H2. The van der Waals surface area contributed by atoms with Crippen molar-refractivity contribution in [1.82, 2.24) is 9.88 Å². The summed E-state index contributed by atoms with van der Waals surface area (Å²) in [5.74, 6) is 0.111. The highest BCUT2D eigenvalue weighted by molar-refractivity contribution is 7.13. The summed E-state index contributed by atoms with van der Waals surface area (Å²) in [6.07, 6.45) is 1.16. The Morgan fingerprint density at radius 3 is 2.07 bits per heavy atom. The quantitative estimate of drug-likeness (QED) is 0.376. The molecule has 4 aromatic rings. The summed E-state index contributed by atoms with van der Waals surface area (Å²) < 4.78 is 0. The van der Waals surface area contributed by atoms with Crippen LogP contribution in [-0.2, 0) is 24.2 Å². The van der Waals surface area contributed by atoms with Gasteiger partial charge >= 0.3 is 0 Å². The molecule has 0 aliphatic rings. The third-order valence-electron chi connectivity index (χ3n) is 4.99. The van der Waals surface area contributed by atoms with Crippen LogP contribution in [0.1, 0.15) is 16.8 Å². The number of amides is 1. The van der Waals surface area contributed by atoms with Crippen LogP contribution in [-0.4, -0.2) is 22.3 Å². The maximum absolute atomic E-state index is 13.2. The Bertz CT molecular complexity index is 1060. The van der Waals surface area contributed by atoms with Crippen LogP contribution in [0.25, 0.3) is 10.6 Å². The fourth-order valence-corrected chi connectivity index (χ4v) is 4.20. The number of benzene rings is 3. The molecule has 0 spiro atoms. The van der Waals surface area contributed by atoms with Gasteiger partial charge in [0.15, 0.2) is 0 Å². The predicted octanol–water partition coefficient (Wildman–Crippen LogP) is 5.62. The van der Waals surface area contributed by atoms with Crippen molar-refractivity contribution in [2.24, 2.45) is 0 Å². The molecule has 1 amide bonds. The van der Waals surface area contributed by atoms with Gasteiger partial charge in [0, 0.05) is 24.0 Å². The Kier molecular flexibility index (Phi) is 6.68. The minimum Gasteiger partial charge on any atom is -0.338 e. The smallest absolute Gasteiger partial charge is 0.228 e. The van der Waals surface area contributed by atoms with E-state index in [2.05, 4.69) is 24.3 Å². The lowest BCUT2D eigenvalue weighted by Crippen LogP contribution is -2.33. The van der Waals surface area contributed by atoms with Crippen molar-refractivity contribution in [3.05, 3.63) is 113 Å². The molecule has 0 fully saturated rings. The molecule has 30 heavy (non-hydrogen) atoms. The third kappa shape index (κ3) is 5.43. The number of hydrogen-bond donors (Lipinski definition) is 0. The average molecular weight is 413 g/mol. The Hall–Kier alpha value is -3.24. The second-order valence-electron chi connectivity index (χ2n) is 7.22. The highest BCUT2D eigenvalue weighted by Crippen LogP contribution is 2.23. The number of carbonyl (C=O) groups excluding carboxylic acids is 1. The van der Waals surface area contributed by atoms with Crippen molar-refractivity contribution in [1.29, 1.82) is 0 Å². The van der Waals surface area contributed by atoms with E-state index in [4.69, 9.17) is 4.98 Å². The Balaban J connectivity index is 1.46.